The van der Waals surface area contributed by atoms with Crippen molar-refractivity contribution >= 4 is 41.8 Å². The number of H-pyrrole nitrogens is 1. The lowest BCUT2D eigenvalue weighted by Gasteiger charge is -2.08. The van der Waals surface area contributed by atoms with Crippen LogP contribution in [0.15, 0.2) is 35.3 Å². The molecule has 12 N–H and O–H groups in total. The first-order valence-corrected chi connectivity index (χ1v) is 11.0. The first-order valence-electron chi connectivity index (χ1n) is 11.0. The normalized spacial score (nSPS) is 8.81. The van der Waals surface area contributed by atoms with Crippen LogP contribution in [0, 0.1) is 5.41 Å². The van der Waals surface area contributed by atoms with Gasteiger partial charge < -0.3 is 27.5 Å². The highest BCUT2D eigenvalue weighted by molar-refractivity contribution is 5.94. The lowest BCUT2D eigenvalue weighted by atomic mass is 10.2. The van der Waals surface area contributed by atoms with Crippen molar-refractivity contribution in [1.82, 2.24) is 25.3 Å². The molecule has 1 aromatic carbocycles. The summed E-state index contributed by atoms with van der Waals surface area (Å²) in [7, 11) is 0. The minimum atomic E-state index is -0.426. The SMILES string of the molecule is C=N.CC.CCCCNC(=O)c1ccc(NCc2cnc3nc(N)[nH]c(=O)c3n2)cc1.NC=O.NN. The molecule has 0 spiro atoms. The van der Waals surface area contributed by atoms with Gasteiger partial charge in [-0.1, -0.05) is 27.2 Å². The molecule has 2 aromatic heterocycles. The van der Waals surface area contributed by atoms with E-state index in [0.717, 1.165) is 18.5 Å². The maximum Gasteiger partial charge on any atom is 0.280 e. The molecule has 0 bridgehead atoms. The Hall–Kier alpha value is -4.43. The predicted octanol–water partition coefficient (Wildman–Crippen LogP) is 0.650. The Morgan fingerprint density at radius 2 is 1.75 bits per heavy atom. The summed E-state index contributed by atoms with van der Waals surface area (Å²) < 4.78 is 0. The van der Waals surface area contributed by atoms with Crippen molar-refractivity contribution in [3.63, 3.8) is 0 Å². The number of rotatable bonds is 7. The molecule has 0 atom stereocenters. The summed E-state index contributed by atoms with van der Waals surface area (Å²) in [4.78, 5) is 47.2. The number of carbonyl (C=O) groups excluding carboxylic acids is 2. The Morgan fingerprint density at radius 1 is 1.17 bits per heavy atom. The standard InChI is InChI=1S/C18H21N7O2.C2H6.CH3NO.CH3N.H4N2/c1-2-3-8-20-16(26)11-4-6-12(7-5-11)21-9-13-10-22-15-14(23-13)17(27)25-18(19)24-15;1-2;2-1-3;2*1-2/h4-7,10,21H,2-3,8-9H2,1H3,(H,20,26)(H3,19,22,24,25,27);1-2H3;1H,(H2,2,3);2H,1H2;1-2H2. The van der Waals surface area contributed by atoms with Crippen LogP contribution in [-0.2, 0) is 11.3 Å². The molecule has 0 aliphatic rings. The molecule has 3 aromatic rings. The van der Waals surface area contributed by atoms with Crippen LogP contribution < -0.4 is 39.3 Å². The van der Waals surface area contributed by atoms with E-state index in [1.165, 1.54) is 6.20 Å². The van der Waals surface area contributed by atoms with Crippen LogP contribution in [0.4, 0.5) is 11.6 Å². The van der Waals surface area contributed by atoms with E-state index in [-0.39, 0.29) is 29.4 Å². The van der Waals surface area contributed by atoms with Crippen molar-refractivity contribution in [1.29, 1.82) is 5.41 Å². The van der Waals surface area contributed by atoms with E-state index in [1.807, 2.05) is 26.0 Å². The van der Waals surface area contributed by atoms with Crippen LogP contribution in [0.25, 0.3) is 11.2 Å². The van der Waals surface area contributed by atoms with Crippen molar-refractivity contribution in [2.45, 2.75) is 40.2 Å². The zero-order chi connectivity index (χ0) is 27.9. The minimum Gasteiger partial charge on any atom is -0.379 e. The van der Waals surface area contributed by atoms with Crippen molar-refractivity contribution in [2.75, 3.05) is 17.6 Å². The average molecular weight is 504 g/mol. The second-order valence-corrected chi connectivity index (χ2v) is 6.16. The molecule has 3 rings (SSSR count). The number of fused-ring (bicyclic) bond motifs is 1. The van der Waals surface area contributed by atoms with E-state index in [0.29, 0.717) is 24.3 Å². The van der Waals surface area contributed by atoms with Gasteiger partial charge in [-0.15, -0.1) is 0 Å². The summed E-state index contributed by atoms with van der Waals surface area (Å²) >= 11 is 0. The molecular weight excluding hydrogens is 466 g/mol. The number of anilines is 2. The first kappa shape index (κ1) is 33.7. The quantitative estimate of drug-likeness (QED) is 0.0733. The van der Waals surface area contributed by atoms with Crippen LogP contribution in [-0.4, -0.2) is 45.5 Å². The topological polar surface area (TPSA) is 258 Å². The van der Waals surface area contributed by atoms with Crippen LogP contribution in [0.5, 0.6) is 0 Å². The van der Waals surface area contributed by atoms with Crippen molar-refractivity contribution in [3.05, 3.63) is 52.1 Å². The summed E-state index contributed by atoms with van der Waals surface area (Å²) in [6, 6.07) is 7.15. The molecule has 198 valence electrons. The highest BCUT2D eigenvalue weighted by Crippen LogP contribution is 2.11. The number of nitrogens with one attached hydrogen (secondary N) is 4. The number of hydrogen-bond acceptors (Lipinski definition) is 11. The fraction of sp³-hybridized carbons (Fsp3) is 0.318. The van der Waals surface area contributed by atoms with Gasteiger partial charge in [-0.2, -0.15) is 4.98 Å². The smallest absolute Gasteiger partial charge is 0.280 e. The Kier molecular flexibility index (Phi) is 19.8. The zero-order valence-corrected chi connectivity index (χ0v) is 20.9. The van der Waals surface area contributed by atoms with Crippen LogP contribution in [0.3, 0.4) is 0 Å². The van der Waals surface area contributed by atoms with E-state index in [4.69, 9.17) is 15.9 Å². The van der Waals surface area contributed by atoms with Crippen molar-refractivity contribution < 1.29 is 9.59 Å². The number of nitrogens with two attached hydrogens (primary N) is 4. The second-order valence-electron chi connectivity index (χ2n) is 6.16. The Labute approximate surface area is 209 Å². The number of hydrogen-bond donors (Lipinski definition) is 8. The van der Waals surface area contributed by atoms with E-state index in [2.05, 4.69) is 61.6 Å². The molecule has 0 radical (unpaired) electrons. The highest BCUT2D eigenvalue weighted by atomic mass is 16.1. The third-order valence-corrected chi connectivity index (χ3v) is 3.92. The number of hydrazine groups is 1. The zero-order valence-electron chi connectivity index (χ0n) is 20.9. The molecule has 2 amide bonds. The first-order chi connectivity index (χ1) is 17.5. The highest BCUT2D eigenvalue weighted by Gasteiger charge is 2.07. The van der Waals surface area contributed by atoms with Crippen molar-refractivity contribution in [2.24, 2.45) is 17.4 Å². The van der Waals surface area contributed by atoms with Crippen LogP contribution in [0.2, 0.25) is 0 Å². The van der Waals surface area contributed by atoms with Gasteiger partial charge in [0.1, 0.15) is 0 Å². The number of carbonyl (C=O) groups is 2. The van der Waals surface area contributed by atoms with E-state index >= 15 is 0 Å². The van der Waals surface area contributed by atoms with E-state index in [1.54, 1.807) is 12.1 Å². The van der Waals surface area contributed by atoms with Gasteiger partial charge in [0.25, 0.3) is 11.5 Å². The third kappa shape index (κ3) is 12.2. The molecule has 2 heterocycles. The minimum absolute atomic E-state index is 0.00601. The monoisotopic (exact) mass is 503 g/mol. The molecule has 0 unspecified atom stereocenters. The van der Waals surface area contributed by atoms with Crippen LogP contribution >= 0.6 is 0 Å². The Bertz CT molecular complexity index is 1070. The molecule has 0 saturated carbocycles. The molecule has 14 heteroatoms. The fourth-order valence-electron chi connectivity index (χ4n) is 2.47. The molecular formula is C22H37N11O3. The average Bonchev–Trinajstić information content (AvgIpc) is 2.92. The lowest BCUT2D eigenvalue weighted by molar-refractivity contribution is -0.106. The number of aromatic amines is 1. The number of benzene rings is 1. The molecule has 0 aliphatic carbocycles. The summed E-state index contributed by atoms with van der Waals surface area (Å²) in [6.07, 6.45) is 3.79. The van der Waals surface area contributed by atoms with Gasteiger partial charge in [0.2, 0.25) is 12.4 Å². The van der Waals surface area contributed by atoms with Gasteiger partial charge in [0.05, 0.1) is 18.4 Å². The molecule has 0 aliphatic heterocycles. The van der Waals surface area contributed by atoms with Gasteiger partial charge in [0, 0.05) is 17.8 Å². The second kappa shape index (κ2) is 21.1. The lowest BCUT2D eigenvalue weighted by Crippen LogP contribution is -2.24. The van der Waals surface area contributed by atoms with Gasteiger partial charge >= 0.3 is 0 Å². The van der Waals surface area contributed by atoms with Gasteiger partial charge in [-0.05, 0) is 37.4 Å². The fourth-order valence-corrected chi connectivity index (χ4v) is 2.47. The Balaban J connectivity index is 0. The largest absolute Gasteiger partial charge is 0.379 e. The van der Waals surface area contributed by atoms with Gasteiger partial charge in [0.15, 0.2) is 11.2 Å². The number of unbranched alkanes of at least 4 members (excludes halogenated alkanes) is 1. The molecule has 0 fully saturated rings. The van der Waals surface area contributed by atoms with Gasteiger partial charge in [-0.3, -0.25) is 31.1 Å². The molecule has 14 nitrogen and oxygen atoms in total. The Morgan fingerprint density at radius 3 is 2.31 bits per heavy atom. The summed E-state index contributed by atoms with van der Waals surface area (Å²) in [5.74, 6) is 7.92. The molecule has 36 heavy (non-hydrogen) atoms. The van der Waals surface area contributed by atoms with E-state index in [9.17, 15) is 9.59 Å². The maximum atomic E-state index is 12.0. The number of amides is 2. The number of nitrogens with zero attached hydrogens (tertiary/aromatic N) is 3. The van der Waals surface area contributed by atoms with Gasteiger partial charge in [-0.25, -0.2) is 9.97 Å². The van der Waals surface area contributed by atoms with Crippen LogP contribution in [0.1, 0.15) is 49.7 Å². The van der Waals surface area contributed by atoms with Crippen molar-refractivity contribution in [3.8, 4) is 0 Å². The maximum absolute atomic E-state index is 12.0. The summed E-state index contributed by atoms with van der Waals surface area (Å²) in [5, 5.41) is 11.6. The summed E-state index contributed by atoms with van der Waals surface area (Å²) in [6.45, 7) is 9.62. The predicted molar refractivity (Wildman–Crippen MR) is 143 cm³/mol. The third-order valence-electron chi connectivity index (χ3n) is 3.92. The molecule has 0 saturated heterocycles. The number of primary amides is 1. The summed E-state index contributed by atoms with van der Waals surface area (Å²) in [5.41, 5.74) is 11.6. The van der Waals surface area contributed by atoms with E-state index < -0.39 is 5.56 Å². The number of nitrogen functional groups attached to an aromatic ring is 1. The number of aromatic nitrogens is 4.